The molecule has 0 saturated carbocycles. The van der Waals surface area contributed by atoms with Crippen molar-refractivity contribution < 1.29 is 14.6 Å². The van der Waals surface area contributed by atoms with Gasteiger partial charge in [0.25, 0.3) is 0 Å². The summed E-state index contributed by atoms with van der Waals surface area (Å²) in [5, 5.41) is 15.2. The van der Waals surface area contributed by atoms with E-state index in [2.05, 4.69) is 10.6 Å². The van der Waals surface area contributed by atoms with Gasteiger partial charge in [-0.05, 0) is 26.3 Å². The summed E-state index contributed by atoms with van der Waals surface area (Å²) >= 11 is 0. The van der Waals surface area contributed by atoms with Gasteiger partial charge in [-0.1, -0.05) is 30.3 Å². The smallest absolute Gasteiger partial charge is 0.407 e. The van der Waals surface area contributed by atoms with Gasteiger partial charge in [0.05, 0.1) is 12.6 Å². The van der Waals surface area contributed by atoms with Crippen LogP contribution < -0.4 is 10.6 Å². The molecule has 1 amide bonds. The second-order valence-corrected chi connectivity index (χ2v) is 5.53. The molecule has 0 saturated heterocycles. The molecule has 5 heteroatoms. The molecule has 1 aromatic rings. The molecule has 0 bridgehead atoms. The second-order valence-electron chi connectivity index (χ2n) is 5.53. The van der Waals surface area contributed by atoms with Crippen LogP contribution in [0.4, 0.5) is 4.79 Å². The highest BCUT2D eigenvalue weighted by molar-refractivity contribution is 5.67. The summed E-state index contributed by atoms with van der Waals surface area (Å²) in [5.74, 6) is 0. The number of rotatable bonds is 6. The van der Waals surface area contributed by atoms with Crippen molar-refractivity contribution in [1.82, 2.24) is 10.6 Å². The van der Waals surface area contributed by atoms with Crippen LogP contribution in [0.15, 0.2) is 30.3 Å². The van der Waals surface area contributed by atoms with Crippen LogP contribution in [0.1, 0.15) is 32.4 Å². The summed E-state index contributed by atoms with van der Waals surface area (Å²) in [7, 11) is 0. The van der Waals surface area contributed by atoms with Crippen molar-refractivity contribution in [3.63, 3.8) is 0 Å². The second kappa shape index (κ2) is 7.87. The SMILES string of the molecule is CC(C)(C)OC(=O)NCCNC(CO)c1ccccc1. The Balaban J connectivity index is 2.28. The fraction of sp³-hybridized carbons (Fsp3) is 0.533. The highest BCUT2D eigenvalue weighted by atomic mass is 16.6. The number of benzene rings is 1. The standard InChI is InChI=1S/C15H24N2O3/c1-15(2,3)20-14(19)17-10-9-16-13(11-18)12-7-5-4-6-8-12/h4-8,13,16,18H,9-11H2,1-3H3,(H,17,19). The average Bonchev–Trinajstić information content (AvgIpc) is 2.38. The Kier molecular flexibility index (Phi) is 6.48. The zero-order valence-electron chi connectivity index (χ0n) is 12.3. The van der Waals surface area contributed by atoms with E-state index in [1.807, 2.05) is 51.1 Å². The number of aliphatic hydroxyl groups excluding tert-OH is 1. The Labute approximate surface area is 120 Å². The Morgan fingerprint density at radius 3 is 2.45 bits per heavy atom. The molecular formula is C15H24N2O3. The van der Waals surface area contributed by atoms with Crippen molar-refractivity contribution >= 4 is 6.09 Å². The maximum atomic E-state index is 11.4. The van der Waals surface area contributed by atoms with Gasteiger partial charge in [-0.3, -0.25) is 0 Å². The predicted molar refractivity (Wildman–Crippen MR) is 78.5 cm³/mol. The first-order chi connectivity index (χ1) is 9.42. The maximum Gasteiger partial charge on any atom is 0.407 e. The summed E-state index contributed by atoms with van der Waals surface area (Å²) in [6.07, 6.45) is -0.431. The number of hydrogen-bond donors (Lipinski definition) is 3. The molecule has 1 aromatic carbocycles. The third-order valence-electron chi connectivity index (χ3n) is 2.57. The minimum Gasteiger partial charge on any atom is -0.444 e. The van der Waals surface area contributed by atoms with Gasteiger partial charge < -0.3 is 20.5 Å². The number of nitrogens with one attached hydrogen (secondary N) is 2. The van der Waals surface area contributed by atoms with Crippen molar-refractivity contribution in [3.8, 4) is 0 Å². The molecule has 0 aliphatic rings. The normalized spacial score (nSPS) is 12.8. The summed E-state index contributed by atoms with van der Waals surface area (Å²) in [4.78, 5) is 11.4. The minimum absolute atomic E-state index is 0.0104. The number of amides is 1. The number of hydrogen-bond acceptors (Lipinski definition) is 4. The number of carbonyl (C=O) groups excluding carboxylic acids is 1. The van der Waals surface area contributed by atoms with Crippen molar-refractivity contribution in [2.24, 2.45) is 0 Å². The zero-order valence-corrected chi connectivity index (χ0v) is 12.3. The van der Waals surface area contributed by atoms with E-state index >= 15 is 0 Å². The van der Waals surface area contributed by atoms with Gasteiger partial charge in [-0.15, -0.1) is 0 Å². The van der Waals surface area contributed by atoms with Crippen molar-refractivity contribution in [2.75, 3.05) is 19.7 Å². The first kappa shape index (κ1) is 16.5. The molecule has 1 rings (SSSR count). The van der Waals surface area contributed by atoms with Crippen LogP contribution in [-0.2, 0) is 4.74 Å². The Morgan fingerprint density at radius 2 is 1.90 bits per heavy atom. The quantitative estimate of drug-likeness (QED) is 0.695. The zero-order chi connectivity index (χ0) is 15.0. The lowest BCUT2D eigenvalue weighted by Gasteiger charge is -2.20. The van der Waals surface area contributed by atoms with Crippen LogP contribution >= 0.6 is 0 Å². The molecule has 1 unspecified atom stereocenters. The van der Waals surface area contributed by atoms with Gasteiger partial charge in [0.1, 0.15) is 5.60 Å². The first-order valence-electron chi connectivity index (χ1n) is 6.78. The molecule has 0 aliphatic carbocycles. The topological polar surface area (TPSA) is 70.6 Å². The van der Waals surface area contributed by atoms with Crippen LogP contribution in [-0.4, -0.2) is 36.5 Å². The first-order valence-corrected chi connectivity index (χ1v) is 6.78. The van der Waals surface area contributed by atoms with Crippen LogP contribution in [0, 0.1) is 0 Å². The fourth-order valence-corrected chi connectivity index (χ4v) is 1.70. The van der Waals surface area contributed by atoms with Gasteiger partial charge in [0.2, 0.25) is 0 Å². The monoisotopic (exact) mass is 280 g/mol. The summed E-state index contributed by atoms with van der Waals surface area (Å²) in [6, 6.07) is 9.57. The molecule has 0 radical (unpaired) electrons. The third-order valence-corrected chi connectivity index (χ3v) is 2.57. The summed E-state index contributed by atoms with van der Waals surface area (Å²) < 4.78 is 5.13. The van der Waals surface area contributed by atoms with Gasteiger partial charge in [0, 0.05) is 13.1 Å². The molecule has 0 aliphatic heterocycles. The van der Waals surface area contributed by atoms with Crippen molar-refractivity contribution in [2.45, 2.75) is 32.4 Å². The molecule has 0 fully saturated rings. The van der Waals surface area contributed by atoms with E-state index < -0.39 is 11.7 Å². The van der Waals surface area contributed by atoms with Crippen molar-refractivity contribution in [1.29, 1.82) is 0 Å². The van der Waals surface area contributed by atoms with Gasteiger partial charge in [-0.2, -0.15) is 0 Å². The molecular weight excluding hydrogens is 256 g/mol. The van der Waals surface area contributed by atoms with E-state index in [4.69, 9.17) is 4.74 Å². The largest absolute Gasteiger partial charge is 0.444 e. The predicted octanol–water partition coefficient (Wildman–Crippen LogP) is 1.83. The van der Waals surface area contributed by atoms with Crippen LogP contribution in [0.3, 0.4) is 0 Å². The number of aliphatic hydroxyl groups is 1. The highest BCUT2D eigenvalue weighted by Crippen LogP contribution is 2.10. The lowest BCUT2D eigenvalue weighted by atomic mass is 10.1. The Bertz CT molecular complexity index is 401. The lowest BCUT2D eigenvalue weighted by Crippen LogP contribution is -2.37. The molecule has 1 atom stereocenters. The third kappa shape index (κ3) is 6.54. The van der Waals surface area contributed by atoms with E-state index in [9.17, 15) is 9.90 Å². The van der Waals surface area contributed by atoms with Gasteiger partial charge in [0.15, 0.2) is 0 Å². The molecule has 0 aromatic heterocycles. The Morgan fingerprint density at radius 1 is 1.25 bits per heavy atom. The minimum atomic E-state index is -0.491. The van der Waals surface area contributed by atoms with Crippen LogP contribution in [0.5, 0.6) is 0 Å². The summed E-state index contributed by atoms with van der Waals surface area (Å²) in [5.41, 5.74) is 0.530. The highest BCUT2D eigenvalue weighted by Gasteiger charge is 2.15. The van der Waals surface area contributed by atoms with Crippen molar-refractivity contribution in [3.05, 3.63) is 35.9 Å². The molecule has 0 spiro atoms. The molecule has 20 heavy (non-hydrogen) atoms. The fourth-order valence-electron chi connectivity index (χ4n) is 1.70. The van der Waals surface area contributed by atoms with E-state index in [1.54, 1.807) is 0 Å². The molecule has 5 nitrogen and oxygen atoms in total. The van der Waals surface area contributed by atoms with Crippen LogP contribution in [0.2, 0.25) is 0 Å². The Hall–Kier alpha value is -1.59. The van der Waals surface area contributed by atoms with E-state index in [0.717, 1.165) is 5.56 Å². The summed E-state index contributed by atoms with van der Waals surface area (Å²) in [6.45, 7) is 6.47. The number of ether oxygens (including phenoxy) is 1. The van der Waals surface area contributed by atoms with Gasteiger partial charge >= 0.3 is 6.09 Å². The molecule has 112 valence electrons. The van der Waals surface area contributed by atoms with E-state index in [0.29, 0.717) is 13.1 Å². The molecule has 3 N–H and O–H groups in total. The van der Waals surface area contributed by atoms with E-state index in [-0.39, 0.29) is 12.6 Å². The maximum absolute atomic E-state index is 11.4. The number of carbonyl (C=O) groups is 1. The van der Waals surface area contributed by atoms with Gasteiger partial charge in [-0.25, -0.2) is 4.79 Å². The lowest BCUT2D eigenvalue weighted by molar-refractivity contribution is 0.0527. The average molecular weight is 280 g/mol. The number of alkyl carbamates (subject to hydrolysis) is 1. The van der Waals surface area contributed by atoms with Crippen LogP contribution in [0.25, 0.3) is 0 Å². The van der Waals surface area contributed by atoms with E-state index in [1.165, 1.54) is 0 Å². The molecule has 0 heterocycles.